The second-order valence-corrected chi connectivity index (χ2v) is 6.39. The minimum atomic E-state index is 0. The summed E-state index contributed by atoms with van der Waals surface area (Å²) in [5.41, 5.74) is 0. The van der Waals surface area contributed by atoms with Crippen molar-refractivity contribution < 1.29 is 0 Å². The number of nitrogens with zero attached hydrogens (tertiary/aromatic N) is 2. The van der Waals surface area contributed by atoms with Crippen LogP contribution in [0.5, 0.6) is 0 Å². The van der Waals surface area contributed by atoms with E-state index in [2.05, 4.69) is 65.7 Å². The number of halogens is 1. The molecule has 1 aromatic heterocycles. The van der Waals surface area contributed by atoms with Crippen molar-refractivity contribution >= 4 is 41.3 Å². The molecule has 1 heterocycles. The van der Waals surface area contributed by atoms with Gasteiger partial charge in [0.2, 0.25) is 0 Å². The molecule has 0 aliphatic carbocycles. The van der Waals surface area contributed by atoms with Crippen molar-refractivity contribution in [1.29, 1.82) is 0 Å². The molecule has 0 atom stereocenters. The molecule has 0 spiro atoms. The molecular weight excluding hydrogens is 395 g/mol. The maximum Gasteiger partial charge on any atom is 0.191 e. The molecule has 0 aliphatic rings. The van der Waals surface area contributed by atoms with Crippen LogP contribution in [0.1, 0.15) is 32.6 Å². The zero-order chi connectivity index (χ0) is 15.0. The number of thiophene rings is 1. The number of hydrogen-bond acceptors (Lipinski definition) is 3. The molecule has 0 radical (unpaired) electrons. The summed E-state index contributed by atoms with van der Waals surface area (Å²) in [6.45, 7) is 11.7. The third-order valence-electron chi connectivity index (χ3n) is 3.22. The molecule has 21 heavy (non-hydrogen) atoms. The van der Waals surface area contributed by atoms with Gasteiger partial charge in [0.1, 0.15) is 0 Å². The summed E-state index contributed by atoms with van der Waals surface area (Å²) in [5, 5.41) is 8.80. The number of hydrogen-bond donors (Lipinski definition) is 2. The fraction of sp³-hybridized carbons (Fsp3) is 0.667. The van der Waals surface area contributed by atoms with Gasteiger partial charge in [-0.2, -0.15) is 0 Å². The first-order valence-electron chi connectivity index (χ1n) is 7.27. The van der Waals surface area contributed by atoms with Crippen LogP contribution in [0.25, 0.3) is 0 Å². The Morgan fingerprint density at radius 3 is 2.38 bits per heavy atom. The van der Waals surface area contributed by atoms with Crippen molar-refractivity contribution in [3.05, 3.63) is 22.4 Å². The van der Waals surface area contributed by atoms with Crippen LogP contribution < -0.4 is 10.6 Å². The van der Waals surface area contributed by atoms with Crippen molar-refractivity contribution in [3.8, 4) is 0 Å². The summed E-state index contributed by atoms with van der Waals surface area (Å²) < 4.78 is 0. The molecule has 2 N–H and O–H groups in total. The molecule has 0 aromatic carbocycles. The van der Waals surface area contributed by atoms with E-state index >= 15 is 0 Å². The lowest BCUT2D eigenvalue weighted by molar-refractivity contribution is 0.178. The highest BCUT2D eigenvalue weighted by atomic mass is 127. The van der Waals surface area contributed by atoms with Crippen molar-refractivity contribution in [3.63, 3.8) is 0 Å². The van der Waals surface area contributed by atoms with E-state index in [0.29, 0.717) is 12.1 Å². The van der Waals surface area contributed by atoms with Crippen LogP contribution in [0, 0.1) is 0 Å². The van der Waals surface area contributed by atoms with Crippen molar-refractivity contribution in [2.45, 2.75) is 46.3 Å². The van der Waals surface area contributed by atoms with Gasteiger partial charge in [-0.1, -0.05) is 6.07 Å². The van der Waals surface area contributed by atoms with Crippen LogP contribution >= 0.6 is 35.3 Å². The topological polar surface area (TPSA) is 39.7 Å². The van der Waals surface area contributed by atoms with Crippen molar-refractivity contribution in [2.24, 2.45) is 4.99 Å². The largest absolute Gasteiger partial charge is 0.355 e. The van der Waals surface area contributed by atoms with E-state index in [1.54, 1.807) is 11.3 Å². The average molecular weight is 424 g/mol. The average Bonchev–Trinajstić information content (AvgIpc) is 2.90. The predicted octanol–water partition coefficient (Wildman–Crippen LogP) is 3.15. The Morgan fingerprint density at radius 1 is 1.24 bits per heavy atom. The van der Waals surface area contributed by atoms with Crippen LogP contribution in [0.4, 0.5) is 0 Å². The highest BCUT2D eigenvalue weighted by Gasteiger charge is 2.12. The first-order valence-corrected chi connectivity index (χ1v) is 8.15. The lowest BCUT2D eigenvalue weighted by atomic mass is 10.2. The smallest absolute Gasteiger partial charge is 0.191 e. The van der Waals surface area contributed by atoms with Crippen LogP contribution in [0.3, 0.4) is 0 Å². The first-order chi connectivity index (χ1) is 9.54. The summed E-state index contributed by atoms with van der Waals surface area (Å²) in [6, 6.07) is 5.33. The number of aliphatic imine (C=N–C) groups is 1. The lowest BCUT2D eigenvalue weighted by Gasteiger charge is -2.30. The number of guanidine groups is 1. The molecule has 0 aliphatic heterocycles. The summed E-state index contributed by atoms with van der Waals surface area (Å²) in [5.74, 6) is 0.867. The molecule has 4 nitrogen and oxygen atoms in total. The summed E-state index contributed by atoms with van der Waals surface area (Å²) in [6.07, 6.45) is 0. The monoisotopic (exact) mass is 424 g/mol. The second kappa shape index (κ2) is 11.3. The highest BCUT2D eigenvalue weighted by molar-refractivity contribution is 14.0. The van der Waals surface area contributed by atoms with Gasteiger partial charge in [-0.15, -0.1) is 35.3 Å². The summed E-state index contributed by atoms with van der Waals surface area (Å²) in [4.78, 5) is 8.04. The Hall–Kier alpha value is -0.340. The predicted molar refractivity (Wildman–Crippen MR) is 105 cm³/mol. The van der Waals surface area contributed by atoms with E-state index in [1.807, 2.05) is 7.05 Å². The van der Waals surface area contributed by atoms with Gasteiger partial charge in [-0.3, -0.25) is 9.89 Å². The highest BCUT2D eigenvalue weighted by Crippen LogP contribution is 2.07. The second-order valence-electron chi connectivity index (χ2n) is 5.36. The van der Waals surface area contributed by atoms with Gasteiger partial charge in [0.25, 0.3) is 0 Å². The maximum absolute atomic E-state index is 4.25. The fourth-order valence-corrected chi connectivity index (χ4v) is 2.87. The van der Waals surface area contributed by atoms with E-state index in [-0.39, 0.29) is 24.0 Å². The van der Waals surface area contributed by atoms with E-state index in [4.69, 9.17) is 0 Å². The van der Waals surface area contributed by atoms with E-state index in [1.165, 1.54) is 4.88 Å². The van der Waals surface area contributed by atoms with Crippen molar-refractivity contribution in [1.82, 2.24) is 15.5 Å². The SMILES string of the molecule is CN=C(NCCN(C(C)C)C(C)C)NCc1cccs1.I. The minimum absolute atomic E-state index is 0. The standard InChI is InChI=1S/C15H28N4S.HI/c1-12(2)19(13(3)4)9-8-17-15(16-5)18-11-14-7-6-10-20-14;/h6-7,10,12-13H,8-9,11H2,1-5H3,(H2,16,17,18);1H. The van der Waals surface area contributed by atoms with Gasteiger partial charge in [0.15, 0.2) is 5.96 Å². The number of nitrogens with one attached hydrogen (secondary N) is 2. The molecule has 0 amide bonds. The van der Waals surface area contributed by atoms with Gasteiger partial charge in [-0.05, 0) is 39.1 Å². The molecule has 0 saturated carbocycles. The fourth-order valence-electron chi connectivity index (χ4n) is 2.22. The van der Waals surface area contributed by atoms with Crippen LogP contribution in [0.2, 0.25) is 0 Å². The number of rotatable bonds is 7. The first kappa shape index (κ1) is 20.7. The Morgan fingerprint density at radius 2 is 1.90 bits per heavy atom. The van der Waals surface area contributed by atoms with Gasteiger partial charge >= 0.3 is 0 Å². The van der Waals surface area contributed by atoms with Gasteiger partial charge in [0.05, 0.1) is 6.54 Å². The van der Waals surface area contributed by atoms with Crippen LogP contribution in [0.15, 0.2) is 22.5 Å². The van der Waals surface area contributed by atoms with E-state index in [0.717, 1.165) is 25.6 Å². The van der Waals surface area contributed by atoms with Crippen LogP contribution in [-0.2, 0) is 6.54 Å². The molecular formula is C15H29IN4S. The Balaban J connectivity index is 0.00000400. The van der Waals surface area contributed by atoms with Gasteiger partial charge in [-0.25, -0.2) is 0 Å². The molecule has 0 fully saturated rings. The van der Waals surface area contributed by atoms with Gasteiger partial charge in [0, 0.05) is 37.1 Å². The molecule has 6 heteroatoms. The third-order valence-corrected chi connectivity index (χ3v) is 4.10. The zero-order valence-corrected chi connectivity index (χ0v) is 16.9. The molecule has 122 valence electrons. The van der Waals surface area contributed by atoms with E-state index < -0.39 is 0 Å². The van der Waals surface area contributed by atoms with E-state index in [9.17, 15) is 0 Å². The zero-order valence-electron chi connectivity index (χ0n) is 13.7. The molecule has 0 saturated heterocycles. The maximum atomic E-state index is 4.25. The Kier molecular flexibility index (Phi) is 11.1. The molecule has 0 bridgehead atoms. The minimum Gasteiger partial charge on any atom is -0.355 e. The summed E-state index contributed by atoms with van der Waals surface area (Å²) in [7, 11) is 1.81. The quantitative estimate of drug-likeness (QED) is 0.401. The normalized spacial score (nSPS) is 11.9. The molecule has 0 unspecified atom stereocenters. The summed E-state index contributed by atoms with van der Waals surface area (Å²) >= 11 is 1.76. The Labute approximate surface area is 150 Å². The molecule has 1 rings (SSSR count). The van der Waals surface area contributed by atoms with Crippen molar-refractivity contribution in [2.75, 3.05) is 20.1 Å². The molecule has 1 aromatic rings. The van der Waals surface area contributed by atoms with Crippen LogP contribution in [-0.4, -0.2) is 43.1 Å². The van der Waals surface area contributed by atoms with Gasteiger partial charge < -0.3 is 10.6 Å². The third kappa shape index (κ3) is 8.01. The Bertz CT molecular complexity index is 382. The lowest BCUT2D eigenvalue weighted by Crippen LogP contribution is -2.45.